The van der Waals surface area contributed by atoms with Gasteiger partial charge in [0.1, 0.15) is 0 Å². The molecule has 8 nitrogen and oxygen atoms in total. The van der Waals surface area contributed by atoms with Gasteiger partial charge in [0.2, 0.25) is 0 Å². The van der Waals surface area contributed by atoms with Gasteiger partial charge in [-0.3, -0.25) is 0 Å². The first-order valence-corrected chi connectivity index (χ1v) is 45.4. The fourth-order valence-corrected chi connectivity index (χ4v) is 17.9. The Kier molecular flexibility index (Phi) is 28.8. The molecule has 125 heavy (non-hydrogen) atoms. The molecule has 0 fully saturated rings. The molecule has 0 N–H and O–H groups in total. The molecule has 0 amide bonds. The van der Waals surface area contributed by atoms with Gasteiger partial charge < -0.3 is 9.97 Å². The summed E-state index contributed by atoms with van der Waals surface area (Å²) in [5, 5.41) is 0. The van der Waals surface area contributed by atoms with Crippen LogP contribution < -0.4 is 0 Å². The van der Waals surface area contributed by atoms with Crippen molar-refractivity contribution in [1.29, 1.82) is 0 Å². The zero-order valence-corrected chi connectivity index (χ0v) is 81.7. The maximum atomic E-state index is 5.10. The van der Waals surface area contributed by atoms with Crippen LogP contribution in [0.15, 0.2) is 243 Å². The van der Waals surface area contributed by atoms with E-state index < -0.39 is 0 Å². The fourth-order valence-electron chi connectivity index (χ4n) is 17.9. The molecule has 2 radical (unpaired) electrons. The van der Waals surface area contributed by atoms with Gasteiger partial charge >= 0.3 is 0 Å². The number of pyridine rings is 2. The minimum atomic E-state index is -0.318. The van der Waals surface area contributed by atoms with Gasteiger partial charge in [-0.15, -0.1) is 58.7 Å². The summed E-state index contributed by atoms with van der Waals surface area (Å²) in [7, 11) is 0. The van der Waals surface area contributed by atoms with Gasteiger partial charge in [0.05, 0.1) is 0 Å². The Morgan fingerprint density at radius 3 is 0.968 bits per heavy atom. The summed E-state index contributed by atoms with van der Waals surface area (Å²) >= 11 is 0. The molecule has 2 aliphatic rings. The molecule has 0 bridgehead atoms. The molecule has 4 heterocycles. The smallest absolute Gasteiger partial charge is 0.165 e. The van der Waals surface area contributed by atoms with Crippen molar-refractivity contribution < 1.29 is 40.2 Å². The molecule has 0 saturated heterocycles. The van der Waals surface area contributed by atoms with Crippen LogP contribution in [-0.4, -0.2) is 39.9 Å². The standard InChI is InChI=1S/C60H67N4.C55H57N4.2Ir/c1-10-12-14-16-20-41-36-42(21-17-15-13-11-2)38-49(37-41)60(9)52-23-19-18-22-50(52)51-34-28-45(39-53(51)60)54-35-29-46(40-61-54)57-63-55(43-24-30-47(31-25-43)58(3,4)5)62-56(64-57)44-26-32-48(33-27-44)59(6,7)8;1-10-11-12-13-14-37-16-24-44(25-17-37)55(9)47-33-36(2)15-30-45(47)46-31-22-40(34-48(46)55)49-32-23-41(35-56-49)52-58-50(38-18-26-42(27-19-38)53(3,4)5)57-51(59-52)39-20-28-43(29-21-39)54(6,7)8;;/h18-19,22-27,29-40H,10-17,20-21H2,1-9H3;15-21,23-35H,10-14H2,1-9H3;;/q2*-1;;. The normalized spacial score (nSPS) is 14.6. The van der Waals surface area contributed by atoms with E-state index in [1.165, 1.54) is 177 Å². The Balaban J connectivity index is 0.000000212. The van der Waals surface area contributed by atoms with Crippen LogP contribution in [0.2, 0.25) is 0 Å². The van der Waals surface area contributed by atoms with Gasteiger partial charge in [-0.1, -0.05) is 396 Å². The number of fused-ring (bicyclic) bond motifs is 6. The van der Waals surface area contributed by atoms with Gasteiger partial charge in [0.15, 0.2) is 34.9 Å². The molecule has 0 aliphatic heterocycles. The average Bonchev–Trinajstić information content (AvgIpc) is 1.56. The summed E-state index contributed by atoms with van der Waals surface area (Å²) in [5.41, 5.74) is 32.5. The van der Waals surface area contributed by atoms with E-state index >= 15 is 0 Å². The van der Waals surface area contributed by atoms with Crippen molar-refractivity contribution in [2.24, 2.45) is 0 Å². The van der Waals surface area contributed by atoms with E-state index in [0.717, 1.165) is 75.2 Å². The van der Waals surface area contributed by atoms with Crippen LogP contribution in [0.3, 0.4) is 0 Å². The molecular weight excluding hydrogens is 1880 g/mol. The number of hydrogen-bond donors (Lipinski definition) is 0. The zero-order chi connectivity index (χ0) is 86.6. The Morgan fingerprint density at radius 1 is 0.288 bits per heavy atom. The fraction of sp³-hybridized carbons (Fsp3) is 0.339. The Labute approximate surface area is 773 Å². The second-order valence-electron chi connectivity index (χ2n) is 39.1. The van der Waals surface area contributed by atoms with Crippen molar-refractivity contribution >= 4 is 0 Å². The maximum absolute atomic E-state index is 5.10. The quantitative estimate of drug-likeness (QED) is 0.0412. The molecule has 10 heteroatoms. The summed E-state index contributed by atoms with van der Waals surface area (Å²) in [6, 6.07) is 91.9. The number of nitrogens with zero attached hydrogens (tertiary/aromatic N) is 8. The van der Waals surface area contributed by atoms with E-state index in [4.69, 9.17) is 39.9 Å². The van der Waals surface area contributed by atoms with Crippen LogP contribution in [0.25, 0.3) is 113 Å². The minimum absolute atomic E-state index is 0. The number of aryl methyl sites for hydroxylation is 4. The maximum Gasteiger partial charge on any atom is 0.165 e. The second kappa shape index (κ2) is 39.0. The summed E-state index contributed by atoms with van der Waals surface area (Å²) in [6.45, 7) is 40.7. The molecule has 2 atom stereocenters. The average molecular weight is 2000 g/mol. The summed E-state index contributed by atoms with van der Waals surface area (Å²) < 4.78 is 0. The Hall–Kier alpha value is -10.2. The molecule has 14 aromatic rings. The number of aromatic nitrogens is 8. The molecular formula is C115H124Ir2N8-2. The van der Waals surface area contributed by atoms with Gasteiger partial charge in [0.25, 0.3) is 0 Å². The second-order valence-corrected chi connectivity index (χ2v) is 39.1. The number of benzene rings is 10. The molecule has 4 aromatic heterocycles. The third-order valence-corrected chi connectivity index (χ3v) is 25.8. The van der Waals surface area contributed by atoms with E-state index in [9.17, 15) is 0 Å². The van der Waals surface area contributed by atoms with Gasteiger partial charge in [-0.25, -0.2) is 29.9 Å². The zero-order valence-electron chi connectivity index (χ0n) is 76.9. The van der Waals surface area contributed by atoms with Crippen LogP contribution in [0.1, 0.15) is 273 Å². The summed E-state index contributed by atoms with van der Waals surface area (Å²) in [6.07, 6.45) is 22.4. The summed E-state index contributed by atoms with van der Waals surface area (Å²) in [4.78, 5) is 40.4. The van der Waals surface area contributed by atoms with E-state index in [-0.39, 0.29) is 72.7 Å². The van der Waals surface area contributed by atoms with Crippen LogP contribution in [0.5, 0.6) is 0 Å². The monoisotopic (exact) mass is 2000 g/mol. The van der Waals surface area contributed by atoms with E-state index in [0.29, 0.717) is 34.9 Å². The predicted molar refractivity (Wildman–Crippen MR) is 514 cm³/mol. The van der Waals surface area contributed by atoms with Crippen LogP contribution in [-0.2, 0) is 92.0 Å². The first-order chi connectivity index (χ1) is 59.0. The van der Waals surface area contributed by atoms with Crippen LogP contribution >= 0.6 is 0 Å². The third-order valence-electron chi connectivity index (χ3n) is 25.8. The number of rotatable bonds is 25. The predicted octanol–water partition coefficient (Wildman–Crippen LogP) is 30.0. The molecule has 2 unspecified atom stereocenters. The molecule has 16 rings (SSSR count). The molecule has 644 valence electrons. The third kappa shape index (κ3) is 20.4. The molecule has 2 aliphatic carbocycles. The van der Waals surface area contributed by atoms with Crippen molar-refractivity contribution in [1.82, 2.24) is 39.9 Å². The van der Waals surface area contributed by atoms with Gasteiger partial charge in [-0.2, -0.15) is 0 Å². The van der Waals surface area contributed by atoms with Gasteiger partial charge in [-0.05, 0) is 154 Å². The van der Waals surface area contributed by atoms with Crippen molar-refractivity contribution in [2.75, 3.05) is 0 Å². The van der Waals surface area contributed by atoms with Crippen molar-refractivity contribution in [3.8, 4) is 113 Å². The first-order valence-electron chi connectivity index (χ1n) is 45.4. The van der Waals surface area contributed by atoms with Crippen molar-refractivity contribution in [3.63, 3.8) is 0 Å². The number of hydrogen-bond acceptors (Lipinski definition) is 8. The SMILES string of the molecule is CCCCCCc1cc(CCCCCC)cc(C2(C)c3ccccc3-c3c[c-]c(-c4ccc(-c5nc(-c6ccc(C(C)(C)C)cc6)nc(-c6ccc(C(C)(C)C)cc6)n5)cn4)cc32)c1.CCCCCCc1ccc(C2(C)c3cc(-c4ccc(-c5nc(-c6ccc(C(C)(C)C)cc6)nc(-c6ccc(C(C)(C)C)cc6)n5)cn4)[c-]cc3-c3ccc(C)cc32)cc1.[Ir].[Ir]. The van der Waals surface area contributed by atoms with E-state index in [2.05, 4.69) is 367 Å². The molecule has 0 spiro atoms. The van der Waals surface area contributed by atoms with E-state index in [1.54, 1.807) is 0 Å². The van der Waals surface area contributed by atoms with Crippen molar-refractivity contribution in [3.05, 3.63) is 333 Å². The Bertz CT molecular complexity index is 5860. The topological polar surface area (TPSA) is 103 Å². The number of unbranched alkanes of at least 4 members (excludes halogenated alkanes) is 9. The summed E-state index contributed by atoms with van der Waals surface area (Å²) in [5.74, 6) is 3.75. The van der Waals surface area contributed by atoms with Crippen LogP contribution in [0.4, 0.5) is 0 Å². The molecule has 0 saturated carbocycles. The minimum Gasteiger partial charge on any atom is -0.304 e. The first kappa shape index (κ1) is 92.5. The van der Waals surface area contributed by atoms with Gasteiger partial charge in [0, 0.05) is 96.8 Å². The van der Waals surface area contributed by atoms with Crippen molar-refractivity contribution in [2.45, 2.75) is 253 Å². The molecule has 10 aromatic carbocycles. The van der Waals surface area contributed by atoms with E-state index in [1.807, 2.05) is 12.4 Å². The van der Waals surface area contributed by atoms with Crippen LogP contribution in [0, 0.1) is 19.1 Å². The largest absolute Gasteiger partial charge is 0.304 e. The Morgan fingerprint density at radius 2 is 0.616 bits per heavy atom.